The van der Waals surface area contributed by atoms with Gasteiger partial charge in [0.25, 0.3) is 0 Å². The first-order valence-corrected chi connectivity index (χ1v) is 6.53. The number of carboxylic acids is 1. The lowest BCUT2D eigenvalue weighted by Crippen LogP contribution is -2.46. The summed E-state index contributed by atoms with van der Waals surface area (Å²) in [5.41, 5.74) is 0. The van der Waals surface area contributed by atoms with Crippen LogP contribution in [0.4, 0.5) is 0 Å². The molecular formula is C13H25NO2. The summed E-state index contributed by atoms with van der Waals surface area (Å²) in [6.07, 6.45) is 4.17. The number of aliphatic carboxylic acids is 1. The van der Waals surface area contributed by atoms with E-state index in [1.54, 1.807) is 0 Å². The molecule has 0 aromatic rings. The van der Waals surface area contributed by atoms with E-state index in [1.807, 2.05) is 0 Å². The summed E-state index contributed by atoms with van der Waals surface area (Å²) in [5.74, 6) is -0.143. The van der Waals surface area contributed by atoms with Crippen LogP contribution in [0, 0.1) is 11.8 Å². The topological polar surface area (TPSA) is 40.5 Å². The molecule has 2 atom stereocenters. The largest absolute Gasteiger partial charge is 0.481 e. The van der Waals surface area contributed by atoms with Gasteiger partial charge in [0.1, 0.15) is 0 Å². The number of hydrogen-bond acceptors (Lipinski definition) is 2. The number of carboxylic acid groups (broad SMARTS) is 1. The average Bonchev–Trinajstić information content (AvgIpc) is 2.25. The Kier molecular flexibility index (Phi) is 5.26. The SMILES string of the molecule is CCN(CC(C)C)C1CCCCC1C(=O)O. The molecule has 1 rings (SSSR count). The molecule has 1 aliphatic carbocycles. The highest BCUT2D eigenvalue weighted by molar-refractivity contribution is 5.71. The molecule has 0 aliphatic heterocycles. The van der Waals surface area contributed by atoms with E-state index >= 15 is 0 Å². The molecule has 0 amide bonds. The van der Waals surface area contributed by atoms with E-state index in [0.29, 0.717) is 5.92 Å². The fourth-order valence-corrected chi connectivity index (χ4v) is 2.80. The smallest absolute Gasteiger partial charge is 0.308 e. The molecule has 0 aromatic carbocycles. The molecule has 16 heavy (non-hydrogen) atoms. The van der Waals surface area contributed by atoms with Crippen LogP contribution in [0.1, 0.15) is 46.5 Å². The third-order valence-corrected chi connectivity index (χ3v) is 3.52. The first-order chi connectivity index (χ1) is 7.56. The van der Waals surface area contributed by atoms with Crippen LogP contribution in [0.25, 0.3) is 0 Å². The maximum atomic E-state index is 11.2. The van der Waals surface area contributed by atoms with Crippen molar-refractivity contribution in [2.24, 2.45) is 11.8 Å². The van der Waals surface area contributed by atoms with Gasteiger partial charge in [-0.05, 0) is 25.3 Å². The number of hydrogen-bond donors (Lipinski definition) is 1. The Morgan fingerprint density at radius 3 is 2.50 bits per heavy atom. The van der Waals surface area contributed by atoms with Crippen LogP contribution in [0.5, 0.6) is 0 Å². The van der Waals surface area contributed by atoms with Crippen LogP contribution in [0.15, 0.2) is 0 Å². The van der Waals surface area contributed by atoms with Gasteiger partial charge in [0.05, 0.1) is 5.92 Å². The molecule has 3 nitrogen and oxygen atoms in total. The van der Waals surface area contributed by atoms with Crippen molar-refractivity contribution in [1.82, 2.24) is 4.90 Å². The Hall–Kier alpha value is -0.570. The second kappa shape index (κ2) is 6.24. The fourth-order valence-electron chi connectivity index (χ4n) is 2.80. The summed E-state index contributed by atoms with van der Waals surface area (Å²) in [5, 5.41) is 9.26. The molecule has 1 aliphatic rings. The van der Waals surface area contributed by atoms with Crippen molar-refractivity contribution in [1.29, 1.82) is 0 Å². The zero-order valence-corrected chi connectivity index (χ0v) is 10.8. The second-order valence-corrected chi connectivity index (χ2v) is 5.28. The first kappa shape index (κ1) is 13.5. The highest BCUT2D eigenvalue weighted by Gasteiger charge is 2.34. The Balaban J connectivity index is 2.67. The molecule has 1 fully saturated rings. The maximum absolute atomic E-state index is 11.2. The molecule has 1 saturated carbocycles. The molecule has 0 saturated heterocycles. The van der Waals surface area contributed by atoms with E-state index in [-0.39, 0.29) is 12.0 Å². The summed E-state index contributed by atoms with van der Waals surface area (Å²) in [4.78, 5) is 13.6. The monoisotopic (exact) mass is 227 g/mol. The van der Waals surface area contributed by atoms with Crippen LogP contribution < -0.4 is 0 Å². The Bertz CT molecular complexity index is 228. The zero-order valence-electron chi connectivity index (χ0n) is 10.8. The van der Waals surface area contributed by atoms with E-state index in [2.05, 4.69) is 25.7 Å². The standard InChI is InChI=1S/C13H25NO2/c1-4-14(9-10(2)3)12-8-6-5-7-11(12)13(15)16/h10-12H,4-9H2,1-3H3,(H,15,16). The third kappa shape index (κ3) is 3.48. The van der Waals surface area contributed by atoms with Crippen LogP contribution >= 0.6 is 0 Å². The molecule has 0 aromatic heterocycles. The second-order valence-electron chi connectivity index (χ2n) is 5.28. The van der Waals surface area contributed by atoms with Gasteiger partial charge in [-0.1, -0.05) is 33.6 Å². The summed E-state index contributed by atoms with van der Waals surface area (Å²) >= 11 is 0. The third-order valence-electron chi connectivity index (χ3n) is 3.52. The van der Waals surface area contributed by atoms with E-state index in [1.165, 1.54) is 6.42 Å². The van der Waals surface area contributed by atoms with Crippen LogP contribution in [0.3, 0.4) is 0 Å². The summed E-state index contributed by atoms with van der Waals surface area (Å²) in [6, 6.07) is 0.263. The van der Waals surface area contributed by atoms with E-state index in [9.17, 15) is 9.90 Å². The van der Waals surface area contributed by atoms with Gasteiger partial charge >= 0.3 is 5.97 Å². The van der Waals surface area contributed by atoms with Gasteiger partial charge in [0, 0.05) is 12.6 Å². The quantitative estimate of drug-likeness (QED) is 0.785. The lowest BCUT2D eigenvalue weighted by atomic mass is 9.83. The van der Waals surface area contributed by atoms with Crippen LogP contribution in [-0.2, 0) is 4.79 Å². The van der Waals surface area contributed by atoms with Crippen molar-refractivity contribution in [3.8, 4) is 0 Å². The van der Waals surface area contributed by atoms with Gasteiger partial charge in [-0.3, -0.25) is 9.69 Å². The minimum absolute atomic E-state index is 0.146. The molecule has 0 radical (unpaired) electrons. The van der Waals surface area contributed by atoms with E-state index in [4.69, 9.17) is 0 Å². The highest BCUT2D eigenvalue weighted by atomic mass is 16.4. The van der Waals surface area contributed by atoms with Crippen molar-refractivity contribution < 1.29 is 9.90 Å². The fraction of sp³-hybridized carbons (Fsp3) is 0.923. The molecule has 2 unspecified atom stereocenters. The number of carbonyl (C=O) groups is 1. The summed E-state index contributed by atoms with van der Waals surface area (Å²) in [7, 11) is 0. The Morgan fingerprint density at radius 1 is 1.38 bits per heavy atom. The van der Waals surface area contributed by atoms with Crippen LogP contribution in [0.2, 0.25) is 0 Å². The van der Waals surface area contributed by atoms with Crippen molar-refractivity contribution in [2.45, 2.75) is 52.5 Å². The highest BCUT2D eigenvalue weighted by Crippen LogP contribution is 2.29. The predicted molar refractivity (Wildman–Crippen MR) is 65.5 cm³/mol. The van der Waals surface area contributed by atoms with Gasteiger partial charge in [0.15, 0.2) is 0 Å². The molecule has 0 spiro atoms. The minimum Gasteiger partial charge on any atom is -0.481 e. The molecule has 0 bridgehead atoms. The maximum Gasteiger partial charge on any atom is 0.308 e. The van der Waals surface area contributed by atoms with E-state index in [0.717, 1.165) is 32.4 Å². The molecule has 3 heteroatoms. The molecule has 1 N–H and O–H groups in total. The van der Waals surface area contributed by atoms with Crippen molar-refractivity contribution in [2.75, 3.05) is 13.1 Å². The lowest BCUT2D eigenvalue weighted by molar-refractivity contribution is -0.145. The Labute approximate surface area is 98.8 Å². The van der Waals surface area contributed by atoms with Crippen molar-refractivity contribution in [3.63, 3.8) is 0 Å². The molecule has 0 heterocycles. The van der Waals surface area contributed by atoms with Gasteiger partial charge in [0.2, 0.25) is 0 Å². The lowest BCUT2D eigenvalue weighted by Gasteiger charge is -2.38. The van der Waals surface area contributed by atoms with Crippen molar-refractivity contribution in [3.05, 3.63) is 0 Å². The number of rotatable bonds is 5. The summed E-state index contributed by atoms with van der Waals surface area (Å²) in [6.45, 7) is 8.51. The van der Waals surface area contributed by atoms with E-state index < -0.39 is 5.97 Å². The van der Waals surface area contributed by atoms with Gasteiger partial charge < -0.3 is 5.11 Å². The molecular weight excluding hydrogens is 202 g/mol. The van der Waals surface area contributed by atoms with Gasteiger partial charge in [-0.2, -0.15) is 0 Å². The predicted octanol–water partition coefficient (Wildman–Crippen LogP) is 2.61. The minimum atomic E-state index is -0.605. The average molecular weight is 227 g/mol. The zero-order chi connectivity index (χ0) is 12.1. The first-order valence-electron chi connectivity index (χ1n) is 6.53. The molecule has 94 valence electrons. The summed E-state index contributed by atoms with van der Waals surface area (Å²) < 4.78 is 0. The normalized spacial score (nSPS) is 26.3. The van der Waals surface area contributed by atoms with Crippen molar-refractivity contribution >= 4 is 5.97 Å². The number of nitrogens with zero attached hydrogens (tertiary/aromatic N) is 1. The van der Waals surface area contributed by atoms with Gasteiger partial charge in [-0.15, -0.1) is 0 Å². The Morgan fingerprint density at radius 2 is 2.00 bits per heavy atom. The van der Waals surface area contributed by atoms with Gasteiger partial charge in [-0.25, -0.2) is 0 Å². The van der Waals surface area contributed by atoms with Crippen LogP contribution in [-0.4, -0.2) is 35.1 Å².